The standard InChI is InChI=1S/C10H10F3N3O/c1-16(2-3-17)9-4-8(10(11,12)13)7(5-14)6-15-9/h4,6,17H,2-3H2,1H3. The zero-order chi connectivity index (χ0) is 13.1. The molecule has 1 heterocycles. The van der Waals surface area contributed by atoms with Crippen LogP contribution in [0.4, 0.5) is 19.0 Å². The van der Waals surface area contributed by atoms with Crippen LogP contribution in [0.25, 0.3) is 0 Å². The molecule has 0 atom stereocenters. The fourth-order valence-electron chi connectivity index (χ4n) is 1.24. The zero-order valence-electron chi connectivity index (χ0n) is 8.99. The molecule has 1 N–H and O–H groups in total. The monoisotopic (exact) mass is 245 g/mol. The second kappa shape index (κ2) is 5.01. The van der Waals surface area contributed by atoms with Gasteiger partial charge in [0.05, 0.1) is 17.7 Å². The number of hydrogen-bond acceptors (Lipinski definition) is 4. The molecule has 0 fully saturated rings. The quantitative estimate of drug-likeness (QED) is 0.874. The molecular weight excluding hydrogens is 235 g/mol. The highest BCUT2D eigenvalue weighted by atomic mass is 19.4. The molecule has 17 heavy (non-hydrogen) atoms. The average molecular weight is 245 g/mol. The molecular formula is C10H10F3N3O. The van der Waals surface area contributed by atoms with Gasteiger partial charge in [0.2, 0.25) is 0 Å². The summed E-state index contributed by atoms with van der Waals surface area (Å²) in [6.45, 7) is -0.0320. The third-order valence-electron chi connectivity index (χ3n) is 2.14. The van der Waals surface area contributed by atoms with Gasteiger partial charge in [-0.05, 0) is 6.07 Å². The van der Waals surface area contributed by atoms with Crippen LogP contribution in [0.15, 0.2) is 12.3 Å². The Labute approximate surface area is 95.9 Å². The van der Waals surface area contributed by atoms with E-state index in [4.69, 9.17) is 10.4 Å². The number of anilines is 1. The van der Waals surface area contributed by atoms with Gasteiger partial charge < -0.3 is 10.0 Å². The number of nitriles is 1. The lowest BCUT2D eigenvalue weighted by Gasteiger charge is -2.18. The molecule has 0 saturated heterocycles. The number of likely N-dealkylation sites (N-methyl/N-ethyl adjacent to an activating group) is 1. The van der Waals surface area contributed by atoms with Crippen LogP contribution in [0.5, 0.6) is 0 Å². The Hall–Kier alpha value is -1.81. The summed E-state index contributed by atoms with van der Waals surface area (Å²) in [6.07, 6.45) is -3.71. The van der Waals surface area contributed by atoms with E-state index in [0.29, 0.717) is 0 Å². The third kappa shape index (κ3) is 3.07. The van der Waals surface area contributed by atoms with Crippen molar-refractivity contribution >= 4 is 5.82 Å². The minimum Gasteiger partial charge on any atom is -0.395 e. The van der Waals surface area contributed by atoms with Crippen molar-refractivity contribution in [2.45, 2.75) is 6.18 Å². The van der Waals surface area contributed by atoms with Crippen LogP contribution in [0.3, 0.4) is 0 Å². The first-order valence-corrected chi connectivity index (χ1v) is 4.69. The fraction of sp³-hybridized carbons (Fsp3) is 0.400. The van der Waals surface area contributed by atoms with Crippen LogP contribution in [0.2, 0.25) is 0 Å². The minimum atomic E-state index is -4.59. The lowest BCUT2D eigenvalue weighted by atomic mass is 10.1. The molecule has 0 aliphatic rings. The maximum Gasteiger partial charge on any atom is 0.417 e. The Bertz CT molecular complexity index is 439. The second-order valence-corrected chi connectivity index (χ2v) is 3.34. The summed E-state index contributed by atoms with van der Waals surface area (Å²) >= 11 is 0. The van der Waals surface area contributed by atoms with Crippen LogP contribution in [-0.4, -0.2) is 30.3 Å². The highest BCUT2D eigenvalue weighted by Gasteiger charge is 2.34. The SMILES string of the molecule is CN(CCO)c1cc(C(F)(F)F)c(C#N)cn1. The number of nitrogens with zero attached hydrogens (tertiary/aromatic N) is 3. The summed E-state index contributed by atoms with van der Waals surface area (Å²) in [4.78, 5) is 5.11. The van der Waals surface area contributed by atoms with E-state index in [9.17, 15) is 13.2 Å². The molecule has 0 aliphatic carbocycles. The van der Waals surface area contributed by atoms with Gasteiger partial charge in [0, 0.05) is 19.8 Å². The van der Waals surface area contributed by atoms with Crippen molar-refractivity contribution in [2.24, 2.45) is 0 Å². The molecule has 0 aromatic carbocycles. The number of halogens is 3. The Kier molecular flexibility index (Phi) is 3.91. The van der Waals surface area contributed by atoms with Crippen molar-refractivity contribution in [3.8, 4) is 6.07 Å². The van der Waals surface area contributed by atoms with Gasteiger partial charge in [0.1, 0.15) is 11.9 Å². The highest BCUT2D eigenvalue weighted by molar-refractivity contribution is 5.48. The van der Waals surface area contributed by atoms with E-state index in [1.54, 1.807) is 0 Å². The largest absolute Gasteiger partial charge is 0.417 e. The van der Waals surface area contributed by atoms with Gasteiger partial charge in [0.25, 0.3) is 0 Å². The topological polar surface area (TPSA) is 60.1 Å². The van der Waals surface area contributed by atoms with Gasteiger partial charge in [-0.15, -0.1) is 0 Å². The van der Waals surface area contributed by atoms with E-state index in [1.165, 1.54) is 18.0 Å². The second-order valence-electron chi connectivity index (χ2n) is 3.34. The highest BCUT2D eigenvalue weighted by Crippen LogP contribution is 2.33. The van der Waals surface area contributed by atoms with Gasteiger partial charge in [-0.3, -0.25) is 0 Å². The van der Waals surface area contributed by atoms with E-state index in [1.807, 2.05) is 0 Å². The van der Waals surface area contributed by atoms with Crippen molar-refractivity contribution in [3.05, 3.63) is 23.4 Å². The van der Waals surface area contributed by atoms with E-state index in [-0.39, 0.29) is 19.0 Å². The van der Waals surface area contributed by atoms with Gasteiger partial charge in [-0.25, -0.2) is 4.98 Å². The summed E-state index contributed by atoms with van der Waals surface area (Å²) in [6, 6.07) is 2.25. The third-order valence-corrected chi connectivity index (χ3v) is 2.14. The zero-order valence-corrected chi connectivity index (χ0v) is 8.99. The average Bonchev–Trinajstić information content (AvgIpc) is 2.27. The molecule has 1 aromatic rings. The number of hydrogen-bond donors (Lipinski definition) is 1. The van der Waals surface area contributed by atoms with Crippen molar-refractivity contribution in [1.82, 2.24) is 4.98 Å². The maximum atomic E-state index is 12.6. The predicted octanol–water partition coefficient (Wildman–Crippen LogP) is 1.40. The van der Waals surface area contributed by atoms with Gasteiger partial charge in [-0.2, -0.15) is 18.4 Å². The maximum absolute atomic E-state index is 12.6. The van der Waals surface area contributed by atoms with E-state index in [2.05, 4.69) is 4.98 Å². The molecule has 7 heteroatoms. The lowest BCUT2D eigenvalue weighted by molar-refractivity contribution is -0.137. The van der Waals surface area contributed by atoms with Crippen LogP contribution in [-0.2, 0) is 6.18 Å². The summed E-state index contributed by atoms with van der Waals surface area (Å²) in [5.74, 6) is 0.0605. The first-order chi connectivity index (χ1) is 7.90. The first kappa shape index (κ1) is 13.3. The van der Waals surface area contributed by atoms with Crippen LogP contribution < -0.4 is 4.90 Å². The van der Waals surface area contributed by atoms with Gasteiger partial charge in [0.15, 0.2) is 0 Å². The number of pyridine rings is 1. The molecule has 0 amide bonds. The first-order valence-electron chi connectivity index (χ1n) is 4.69. The van der Waals surface area contributed by atoms with Gasteiger partial charge in [-0.1, -0.05) is 0 Å². The smallest absolute Gasteiger partial charge is 0.395 e. The number of aromatic nitrogens is 1. The van der Waals surface area contributed by atoms with Gasteiger partial charge >= 0.3 is 6.18 Å². The van der Waals surface area contributed by atoms with Crippen LogP contribution in [0.1, 0.15) is 11.1 Å². The van der Waals surface area contributed by atoms with Crippen LogP contribution in [0, 0.1) is 11.3 Å². The molecule has 0 spiro atoms. The Morgan fingerprint density at radius 2 is 2.18 bits per heavy atom. The molecule has 0 aliphatic heterocycles. The molecule has 1 rings (SSSR count). The molecule has 0 radical (unpaired) electrons. The molecule has 0 unspecified atom stereocenters. The Morgan fingerprint density at radius 1 is 1.53 bits per heavy atom. The van der Waals surface area contributed by atoms with E-state index < -0.39 is 17.3 Å². The Balaban J connectivity index is 3.19. The van der Waals surface area contributed by atoms with Crippen molar-refractivity contribution in [1.29, 1.82) is 5.26 Å². The minimum absolute atomic E-state index is 0.0605. The summed E-state index contributed by atoms with van der Waals surface area (Å²) in [5, 5.41) is 17.3. The van der Waals surface area contributed by atoms with E-state index in [0.717, 1.165) is 12.3 Å². The number of aliphatic hydroxyl groups excluding tert-OH is 1. The molecule has 92 valence electrons. The summed E-state index contributed by atoms with van der Waals surface area (Å²) < 4.78 is 37.9. The van der Waals surface area contributed by atoms with Crippen LogP contribution >= 0.6 is 0 Å². The molecule has 1 aromatic heterocycles. The fourth-order valence-corrected chi connectivity index (χ4v) is 1.24. The predicted molar refractivity (Wildman–Crippen MR) is 54.3 cm³/mol. The summed E-state index contributed by atoms with van der Waals surface area (Å²) in [5.41, 5.74) is -1.53. The van der Waals surface area contributed by atoms with Crippen molar-refractivity contribution < 1.29 is 18.3 Å². The summed E-state index contributed by atoms with van der Waals surface area (Å²) in [7, 11) is 1.50. The number of rotatable bonds is 3. The molecule has 0 bridgehead atoms. The molecule has 0 saturated carbocycles. The normalized spacial score (nSPS) is 11.1. The Morgan fingerprint density at radius 3 is 2.65 bits per heavy atom. The van der Waals surface area contributed by atoms with Crippen molar-refractivity contribution in [3.63, 3.8) is 0 Å². The van der Waals surface area contributed by atoms with E-state index >= 15 is 0 Å². The lowest BCUT2D eigenvalue weighted by Crippen LogP contribution is -2.23. The van der Waals surface area contributed by atoms with Crippen molar-refractivity contribution in [2.75, 3.05) is 25.1 Å². The molecule has 4 nitrogen and oxygen atoms in total. The number of aliphatic hydroxyl groups is 1. The number of alkyl halides is 3.